The molecule has 0 saturated carbocycles. The summed E-state index contributed by atoms with van der Waals surface area (Å²) in [6, 6.07) is 0. The molecule has 2 spiro atoms. The van der Waals surface area contributed by atoms with E-state index in [4.69, 9.17) is 23.7 Å². The lowest BCUT2D eigenvalue weighted by Gasteiger charge is -2.52. The maximum atomic E-state index is 14.4. The zero-order valence-electron chi connectivity index (χ0n) is 33.8. The first kappa shape index (κ1) is 42.4. The Morgan fingerprint density at radius 3 is 2.19 bits per heavy atom. The molecule has 4 fully saturated rings. The Morgan fingerprint density at radius 1 is 0.906 bits per heavy atom. The molecule has 0 aromatic heterocycles. The molecule has 5 aliphatic heterocycles. The summed E-state index contributed by atoms with van der Waals surface area (Å²) in [5, 5.41) is 32.5. The zero-order valence-corrected chi connectivity index (χ0v) is 33.8. The Hall–Kier alpha value is -1.73. The van der Waals surface area contributed by atoms with Gasteiger partial charge in [0, 0.05) is 30.1 Å². The van der Waals surface area contributed by atoms with E-state index in [1.165, 1.54) is 6.08 Å². The van der Waals surface area contributed by atoms with Crippen molar-refractivity contribution in [2.45, 2.75) is 193 Å². The van der Waals surface area contributed by atoms with Crippen molar-refractivity contribution < 1.29 is 53.4 Å². The van der Waals surface area contributed by atoms with Gasteiger partial charge in [0.05, 0.1) is 53.7 Å². The molecule has 0 radical (unpaired) electrons. The van der Waals surface area contributed by atoms with Gasteiger partial charge in [-0.2, -0.15) is 0 Å². The van der Waals surface area contributed by atoms with Gasteiger partial charge in [0.25, 0.3) is 0 Å². The summed E-state index contributed by atoms with van der Waals surface area (Å²) in [4.78, 5) is 40.3. The van der Waals surface area contributed by atoms with Gasteiger partial charge in [0.1, 0.15) is 5.78 Å². The van der Waals surface area contributed by atoms with Gasteiger partial charge in [0.15, 0.2) is 5.79 Å². The topological polar surface area (TPSA) is 158 Å². The van der Waals surface area contributed by atoms with Gasteiger partial charge in [0.2, 0.25) is 11.6 Å². The van der Waals surface area contributed by atoms with Crippen molar-refractivity contribution in [1.82, 2.24) is 0 Å². The molecule has 11 nitrogen and oxygen atoms in total. The average molecular weight is 749 g/mol. The number of Topliss-reactive ketones (excluding diaryl/α,β-unsaturated/α-hetero) is 1. The van der Waals surface area contributed by atoms with E-state index in [9.17, 15) is 29.7 Å². The molecule has 5 rings (SSSR count). The van der Waals surface area contributed by atoms with E-state index < -0.39 is 76.8 Å². The first-order valence-electron chi connectivity index (χ1n) is 20.6. The third kappa shape index (κ3) is 7.83. The molecule has 0 amide bonds. The van der Waals surface area contributed by atoms with Gasteiger partial charge in [-0.15, -0.1) is 0 Å². The summed E-state index contributed by atoms with van der Waals surface area (Å²) >= 11 is 0. The second-order valence-electron chi connectivity index (χ2n) is 17.8. The van der Waals surface area contributed by atoms with Crippen molar-refractivity contribution in [1.29, 1.82) is 0 Å². The summed E-state index contributed by atoms with van der Waals surface area (Å²) in [7, 11) is 0. The standard InChI is InChI=1S/C42H68O11/c1-11-29(38(46)47)31-15-14-23(4)36(50-31)27(8)34(44)26(7)35(45)30(12-2)37-24(5)22-25(6)42(51-37)32(43)16-19-41(53-42)21-20-39(10,52-41)33-17-18-40(48,13-3)28(9)49-33/h16,19,23-31,33-34,36-37,44,48H,11-15,17-18,20-22H2,1-10H3,(H,46,47)/t23-,24-,25+,26-,27-,28-,29+,30-,31+,33+,34+,36+,37-,39-,40+,41+,42+/m0/s1. The second kappa shape index (κ2) is 16.0. The molecular weight excluding hydrogens is 680 g/mol. The van der Waals surface area contributed by atoms with E-state index >= 15 is 0 Å². The number of carboxylic acids is 1. The van der Waals surface area contributed by atoms with Crippen molar-refractivity contribution in [3.8, 4) is 0 Å². The number of aliphatic hydroxyl groups excluding tert-OH is 1. The minimum absolute atomic E-state index is 0.0711. The minimum atomic E-state index is -1.65. The predicted octanol–water partition coefficient (Wildman–Crippen LogP) is 6.40. The number of ether oxygens (including phenoxy) is 5. The Kier molecular flexibility index (Phi) is 12.8. The van der Waals surface area contributed by atoms with Crippen LogP contribution < -0.4 is 0 Å². The second-order valence-corrected chi connectivity index (χ2v) is 17.8. The van der Waals surface area contributed by atoms with E-state index in [1.807, 2.05) is 55.4 Å². The Bertz CT molecular complexity index is 1370. The number of hydrogen-bond donors (Lipinski definition) is 3. The summed E-state index contributed by atoms with van der Waals surface area (Å²) in [6.07, 6.45) is 5.99. The molecule has 4 saturated heterocycles. The molecule has 11 heteroatoms. The van der Waals surface area contributed by atoms with Gasteiger partial charge < -0.3 is 39.0 Å². The molecule has 0 bridgehead atoms. The lowest BCUT2D eigenvalue weighted by Crippen LogP contribution is -2.63. The quantitative estimate of drug-likeness (QED) is 0.203. The molecule has 0 aromatic rings. The van der Waals surface area contributed by atoms with Crippen LogP contribution in [0.15, 0.2) is 12.2 Å². The lowest BCUT2D eigenvalue weighted by molar-refractivity contribution is -0.378. The molecule has 0 unspecified atom stereocenters. The molecular formula is C42H68O11. The van der Waals surface area contributed by atoms with Crippen LogP contribution in [0.5, 0.6) is 0 Å². The fraction of sp³-hybridized carbons (Fsp3) is 0.881. The summed E-state index contributed by atoms with van der Waals surface area (Å²) in [5.74, 6) is -6.90. The van der Waals surface area contributed by atoms with Crippen LogP contribution in [0.1, 0.15) is 133 Å². The van der Waals surface area contributed by atoms with Gasteiger partial charge in [-0.05, 0) is 95.6 Å². The highest BCUT2D eigenvalue weighted by Gasteiger charge is 2.63. The van der Waals surface area contributed by atoms with E-state index in [0.29, 0.717) is 57.8 Å². The van der Waals surface area contributed by atoms with Crippen LogP contribution in [0.2, 0.25) is 0 Å². The molecule has 17 atom stereocenters. The zero-order chi connectivity index (χ0) is 39.3. The molecule has 0 aliphatic carbocycles. The van der Waals surface area contributed by atoms with E-state index in [-0.39, 0.29) is 41.5 Å². The summed E-state index contributed by atoms with van der Waals surface area (Å²) < 4.78 is 33.2. The van der Waals surface area contributed by atoms with E-state index in [2.05, 4.69) is 6.92 Å². The minimum Gasteiger partial charge on any atom is -0.481 e. The summed E-state index contributed by atoms with van der Waals surface area (Å²) in [5.41, 5.74) is -1.59. The van der Waals surface area contributed by atoms with Crippen molar-refractivity contribution >= 4 is 17.5 Å². The average Bonchev–Trinajstić information content (AvgIpc) is 3.46. The van der Waals surface area contributed by atoms with Crippen LogP contribution in [-0.4, -0.2) is 92.3 Å². The molecule has 53 heavy (non-hydrogen) atoms. The molecule has 5 heterocycles. The third-order valence-electron chi connectivity index (χ3n) is 14.3. The van der Waals surface area contributed by atoms with Crippen LogP contribution in [0.4, 0.5) is 0 Å². The first-order valence-corrected chi connectivity index (χ1v) is 20.6. The highest BCUT2D eigenvalue weighted by molar-refractivity contribution is 5.97. The predicted molar refractivity (Wildman–Crippen MR) is 198 cm³/mol. The number of carbonyl (C=O) groups excluding carboxylic acids is 2. The van der Waals surface area contributed by atoms with Crippen LogP contribution in [-0.2, 0) is 38.1 Å². The fourth-order valence-electron chi connectivity index (χ4n) is 10.4. The molecule has 3 N–H and O–H groups in total. The van der Waals surface area contributed by atoms with E-state index in [1.54, 1.807) is 13.0 Å². The molecule has 302 valence electrons. The number of aliphatic hydroxyl groups is 2. The largest absolute Gasteiger partial charge is 0.481 e. The monoisotopic (exact) mass is 748 g/mol. The number of carboxylic acid groups (broad SMARTS) is 1. The SMILES string of the molecule is CC[C@@H](C(=O)[C@@H](C)[C@@H](O)[C@H](C)[C@@H]1O[C@@H]([C@@H](CC)C(=O)O)CC[C@@H]1C)[C@H]1O[C@@]2(O[C@]3(C=CC2=O)CC[C@@](C)([C@H]2CC[C@](O)(CC)[C@H](C)O2)O3)[C@H](C)C[C@@H]1C. The van der Waals surface area contributed by atoms with Gasteiger partial charge >= 0.3 is 5.97 Å². The van der Waals surface area contributed by atoms with Crippen molar-refractivity contribution in [2.24, 2.45) is 41.4 Å². The Balaban J connectivity index is 1.32. The van der Waals surface area contributed by atoms with Crippen LogP contribution in [0.25, 0.3) is 0 Å². The summed E-state index contributed by atoms with van der Waals surface area (Å²) in [6.45, 7) is 19.3. The third-order valence-corrected chi connectivity index (χ3v) is 14.3. The number of carbonyl (C=O) groups is 3. The molecule has 5 aliphatic rings. The maximum absolute atomic E-state index is 14.4. The fourth-order valence-corrected chi connectivity index (χ4v) is 10.4. The van der Waals surface area contributed by atoms with Crippen LogP contribution >= 0.6 is 0 Å². The maximum Gasteiger partial charge on any atom is 0.309 e. The number of aliphatic carboxylic acids is 1. The van der Waals surface area contributed by atoms with Gasteiger partial charge in [-0.3, -0.25) is 14.4 Å². The van der Waals surface area contributed by atoms with Crippen molar-refractivity contribution in [2.75, 3.05) is 0 Å². The highest BCUT2D eigenvalue weighted by atomic mass is 16.8. The Morgan fingerprint density at radius 2 is 1.58 bits per heavy atom. The molecule has 0 aromatic carbocycles. The van der Waals surface area contributed by atoms with Gasteiger partial charge in [-0.1, -0.05) is 55.4 Å². The normalized spacial score (nSPS) is 44.8. The van der Waals surface area contributed by atoms with Gasteiger partial charge in [-0.25, -0.2) is 0 Å². The number of rotatable bonds is 12. The van der Waals surface area contributed by atoms with Crippen LogP contribution in [0.3, 0.4) is 0 Å². The van der Waals surface area contributed by atoms with E-state index in [0.717, 1.165) is 6.42 Å². The smallest absolute Gasteiger partial charge is 0.309 e. The first-order chi connectivity index (χ1) is 24.8. The Labute approximate surface area is 316 Å². The van der Waals surface area contributed by atoms with Crippen LogP contribution in [0, 0.1) is 41.4 Å². The van der Waals surface area contributed by atoms with Crippen molar-refractivity contribution in [3.05, 3.63) is 12.2 Å². The highest BCUT2D eigenvalue weighted by Crippen LogP contribution is 2.53. The van der Waals surface area contributed by atoms with Crippen molar-refractivity contribution in [3.63, 3.8) is 0 Å². The lowest BCUT2D eigenvalue weighted by atomic mass is 9.72. The number of hydrogen-bond acceptors (Lipinski definition) is 10. The number of ketones is 2.